The van der Waals surface area contributed by atoms with Gasteiger partial charge in [-0.25, -0.2) is 12.7 Å². The quantitative estimate of drug-likeness (QED) is 0.454. The number of carbonyl (C=O) groups excluding carboxylic acids is 1. The van der Waals surface area contributed by atoms with Gasteiger partial charge in [0.15, 0.2) is 11.5 Å². The van der Waals surface area contributed by atoms with Crippen molar-refractivity contribution in [2.24, 2.45) is 0 Å². The number of carboxylic acid groups (broad SMARTS) is 1. The number of nitrogens with zero attached hydrogens (tertiary/aromatic N) is 1. The van der Waals surface area contributed by atoms with E-state index in [-0.39, 0.29) is 62.3 Å². The third kappa shape index (κ3) is 4.39. The molecule has 2 aliphatic rings. The molecule has 0 aromatic heterocycles. The van der Waals surface area contributed by atoms with Crippen LogP contribution < -0.4 is 48.4 Å². The van der Waals surface area contributed by atoms with Gasteiger partial charge in [0.2, 0.25) is 6.79 Å². The molecule has 0 aliphatic carbocycles. The SMILES string of the molecule is CCc1cc(C2=C(C(=O)[O-])N(c3ccccc3C(F)(F)F)S(=O)(=O)c3ccccc32)cc2c1OCO2.[Na+]. The van der Waals surface area contributed by atoms with E-state index in [1.807, 2.05) is 6.92 Å². The molecular formula is C25H17F3NNaO6S. The van der Waals surface area contributed by atoms with Crippen molar-refractivity contribution in [2.75, 3.05) is 11.1 Å². The molecule has 0 saturated carbocycles. The maximum absolute atomic E-state index is 13.9. The first-order chi connectivity index (χ1) is 17.1. The molecule has 0 radical (unpaired) electrons. The van der Waals surface area contributed by atoms with Crippen LogP contribution in [-0.4, -0.2) is 21.2 Å². The zero-order valence-corrected chi connectivity index (χ0v) is 22.4. The van der Waals surface area contributed by atoms with Crippen molar-refractivity contribution in [1.82, 2.24) is 0 Å². The third-order valence-electron chi connectivity index (χ3n) is 5.96. The van der Waals surface area contributed by atoms with Gasteiger partial charge in [-0.15, -0.1) is 0 Å². The molecule has 3 aromatic rings. The number of ether oxygens (including phenoxy) is 2. The van der Waals surface area contributed by atoms with E-state index in [9.17, 15) is 31.5 Å². The Bertz CT molecular complexity index is 1550. The summed E-state index contributed by atoms with van der Waals surface area (Å²) < 4.78 is 80.3. The molecule has 37 heavy (non-hydrogen) atoms. The molecule has 0 fully saturated rings. The Morgan fingerprint density at radius 3 is 2.41 bits per heavy atom. The van der Waals surface area contributed by atoms with Crippen molar-refractivity contribution < 1.29 is 70.5 Å². The Balaban J connectivity index is 0.00000320. The van der Waals surface area contributed by atoms with Gasteiger partial charge in [0, 0.05) is 11.1 Å². The Morgan fingerprint density at radius 1 is 1.05 bits per heavy atom. The molecule has 3 aromatic carbocycles. The summed E-state index contributed by atoms with van der Waals surface area (Å²) in [6, 6.07) is 12.5. The Morgan fingerprint density at radius 2 is 1.73 bits per heavy atom. The van der Waals surface area contributed by atoms with Crippen molar-refractivity contribution >= 4 is 27.3 Å². The van der Waals surface area contributed by atoms with Gasteiger partial charge >= 0.3 is 35.7 Å². The van der Waals surface area contributed by atoms with Crippen molar-refractivity contribution in [3.8, 4) is 11.5 Å². The fraction of sp³-hybridized carbons (Fsp3) is 0.160. The molecule has 0 bridgehead atoms. The summed E-state index contributed by atoms with van der Waals surface area (Å²) >= 11 is 0. The topological polar surface area (TPSA) is 96.0 Å². The van der Waals surface area contributed by atoms with Crippen LogP contribution in [-0.2, 0) is 27.4 Å². The minimum atomic E-state index is -4.96. The maximum atomic E-state index is 13.9. The van der Waals surface area contributed by atoms with E-state index in [4.69, 9.17) is 9.47 Å². The van der Waals surface area contributed by atoms with E-state index in [1.54, 1.807) is 6.07 Å². The Labute approximate surface area is 232 Å². The fourth-order valence-electron chi connectivity index (χ4n) is 4.45. The van der Waals surface area contributed by atoms with Crippen molar-refractivity contribution in [3.63, 3.8) is 0 Å². The first kappa shape index (κ1) is 27.1. The Hall–Kier alpha value is -2.99. The molecule has 0 N–H and O–H groups in total. The molecule has 5 rings (SSSR count). The van der Waals surface area contributed by atoms with Crippen molar-refractivity contribution in [3.05, 3.63) is 88.6 Å². The standard InChI is InChI=1S/C25H18F3NO6S.Na/c1-2-14-11-15(12-19-23(14)35-13-34-19)21-16-7-3-6-10-20(16)36(32,33)29(22(21)24(30)31)18-9-5-4-8-17(18)25(26,27)28;/h3-12H,2,13H2,1H3,(H,30,31);/q;+1/p-1. The number of hydrogen-bond acceptors (Lipinski definition) is 6. The molecule has 12 heteroatoms. The minimum Gasteiger partial charge on any atom is -0.543 e. The molecule has 0 saturated heterocycles. The van der Waals surface area contributed by atoms with Crippen LogP contribution >= 0.6 is 0 Å². The van der Waals surface area contributed by atoms with Crippen LogP contribution in [0.1, 0.15) is 29.2 Å². The van der Waals surface area contributed by atoms with Crippen molar-refractivity contribution in [1.29, 1.82) is 0 Å². The van der Waals surface area contributed by atoms with Crippen LogP contribution in [0.15, 0.2) is 71.3 Å². The van der Waals surface area contributed by atoms with Crippen LogP contribution in [0.4, 0.5) is 18.9 Å². The van der Waals surface area contributed by atoms with E-state index in [0.29, 0.717) is 29.5 Å². The van der Waals surface area contributed by atoms with Crippen LogP contribution in [0.25, 0.3) is 5.57 Å². The van der Waals surface area contributed by atoms with Gasteiger partial charge in [0.1, 0.15) is 0 Å². The number of hydrogen-bond donors (Lipinski definition) is 0. The second-order valence-corrected chi connectivity index (χ2v) is 9.77. The van der Waals surface area contributed by atoms with Gasteiger partial charge < -0.3 is 19.4 Å². The summed E-state index contributed by atoms with van der Waals surface area (Å²) in [4.78, 5) is 12.2. The van der Waals surface area contributed by atoms with Gasteiger partial charge in [0.25, 0.3) is 10.0 Å². The number of anilines is 1. The molecule has 2 aliphatic heterocycles. The third-order valence-corrected chi connectivity index (χ3v) is 7.73. The molecule has 186 valence electrons. The molecule has 2 heterocycles. The van der Waals surface area contributed by atoms with Crippen LogP contribution in [0.3, 0.4) is 0 Å². The van der Waals surface area contributed by atoms with E-state index in [1.165, 1.54) is 36.4 Å². The normalized spacial score (nSPS) is 15.7. The van der Waals surface area contributed by atoms with Gasteiger partial charge in [-0.2, -0.15) is 13.2 Å². The number of halogens is 3. The largest absolute Gasteiger partial charge is 1.00 e. The second kappa shape index (κ2) is 9.71. The first-order valence-corrected chi connectivity index (χ1v) is 12.2. The number of alkyl halides is 3. The number of carbonyl (C=O) groups is 1. The summed E-state index contributed by atoms with van der Waals surface area (Å²) in [6.07, 6.45) is -4.50. The second-order valence-electron chi connectivity index (χ2n) is 8.01. The fourth-order valence-corrected chi connectivity index (χ4v) is 6.17. The summed E-state index contributed by atoms with van der Waals surface area (Å²) in [5.74, 6) is -1.19. The number of sulfonamides is 1. The summed E-state index contributed by atoms with van der Waals surface area (Å²) in [6.45, 7) is 1.77. The summed E-state index contributed by atoms with van der Waals surface area (Å²) in [5.41, 5.74) is -2.33. The van der Waals surface area contributed by atoms with Gasteiger partial charge in [-0.3, -0.25) is 0 Å². The Kier molecular flexibility index (Phi) is 7.10. The number of rotatable bonds is 4. The van der Waals surface area contributed by atoms with Gasteiger partial charge in [-0.1, -0.05) is 37.3 Å². The zero-order chi connectivity index (χ0) is 25.8. The first-order valence-electron chi connectivity index (χ1n) is 10.7. The zero-order valence-electron chi connectivity index (χ0n) is 19.6. The molecule has 0 spiro atoms. The number of carboxylic acids is 1. The van der Waals surface area contributed by atoms with E-state index in [0.717, 1.165) is 12.1 Å². The number of aryl methyl sites for hydroxylation is 1. The monoisotopic (exact) mass is 539 g/mol. The number of benzene rings is 3. The van der Waals surface area contributed by atoms with Crippen molar-refractivity contribution in [2.45, 2.75) is 24.4 Å². The van der Waals surface area contributed by atoms with E-state index in [2.05, 4.69) is 0 Å². The van der Waals surface area contributed by atoms with E-state index < -0.39 is 39.1 Å². The average Bonchev–Trinajstić information content (AvgIpc) is 3.31. The predicted octanol–water partition coefficient (Wildman–Crippen LogP) is 0.719. The van der Waals surface area contributed by atoms with E-state index >= 15 is 0 Å². The predicted molar refractivity (Wildman–Crippen MR) is 121 cm³/mol. The summed E-state index contributed by atoms with van der Waals surface area (Å²) in [5, 5.41) is 12.6. The number of para-hydroxylation sites is 1. The summed E-state index contributed by atoms with van der Waals surface area (Å²) in [7, 11) is -4.78. The van der Waals surface area contributed by atoms with Crippen LogP contribution in [0, 0.1) is 0 Å². The molecular weight excluding hydrogens is 522 g/mol. The van der Waals surface area contributed by atoms with Gasteiger partial charge in [0.05, 0.1) is 27.8 Å². The molecule has 7 nitrogen and oxygen atoms in total. The van der Waals surface area contributed by atoms with Crippen LogP contribution in [0.2, 0.25) is 0 Å². The smallest absolute Gasteiger partial charge is 0.543 e. The number of fused-ring (bicyclic) bond motifs is 2. The number of aliphatic carboxylic acids is 1. The molecule has 0 atom stereocenters. The molecule has 0 amide bonds. The minimum absolute atomic E-state index is 0. The average molecular weight is 539 g/mol. The maximum Gasteiger partial charge on any atom is 1.00 e. The molecule has 0 unspecified atom stereocenters. The van der Waals surface area contributed by atoms with Gasteiger partial charge in [-0.05, 0) is 47.9 Å². The van der Waals surface area contributed by atoms with Crippen LogP contribution in [0.5, 0.6) is 11.5 Å².